The van der Waals surface area contributed by atoms with Gasteiger partial charge in [-0.25, -0.2) is 0 Å². The standard InChI is InChI=1S/C15H20N2O4/c1-15(2)7-3-4-10(9-15)16-14(19)12-8-11(18)5-6-13(12)17(20)21/h5-6,8,10,18H,3-4,7,9H2,1-2H3,(H,16,19). The third kappa shape index (κ3) is 3.71. The first-order chi connectivity index (χ1) is 9.78. The average molecular weight is 292 g/mol. The summed E-state index contributed by atoms with van der Waals surface area (Å²) in [6.07, 6.45) is 3.87. The van der Waals surface area contributed by atoms with Gasteiger partial charge in [0.2, 0.25) is 0 Å². The number of nitro groups is 1. The van der Waals surface area contributed by atoms with Gasteiger partial charge in [0.1, 0.15) is 11.3 Å². The number of nitrogens with one attached hydrogen (secondary N) is 1. The zero-order valence-corrected chi connectivity index (χ0v) is 12.3. The maximum absolute atomic E-state index is 12.3. The Hall–Kier alpha value is -2.11. The highest BCUT2D eigenvalue weighted by Crippen LogP contribution is 2.35. The molecule has 1 amide bonds. The maximum Gasteiger partial charge on any atom is 0.282 e. The van der Waals surface area contributed by atoms with Crippen LogP contribution in [0.2, 0.25) is 0 Å². The van der Waals surface area contributed by atoms with Gasteiger partial charge in [0.05, 0.1) is 4.92 Å². The first-order valence-electron chi connectivity index (χ1n) is 7.07. The second kappa shape index (κ2) is 5.71. The number of hydrogen-bond donors (Lipinski definition) is 2. The van der Waals surface area contributed by atoms with Crippen LogP contribution in [-0.4, -0.2) is 22.0 Å². The molecule has 1 unspecified atom stereocenters. The number of phenols is 1. The van der Waals surface area contributed by atoms with E-state index in [4.69, 9.17) is 0 Å². The second-order valence-electron chi connectivity index (χ2n) is 6.39. The summed E-state index contributed by atoms with van der Waals surface area (Å²) in [4.78, 5) is 22.6. The molecule has 1 saturated carbocycles. The van der Waals surface area contributed by atoms with E-state index in [1.807, 2.05) is 0 Å². The lowest BCUT2D eigenvalue weighted by molar-refractivity contribution is -0.385. The largest absolute Gasteiger partial charge is 0.508 e. The Morgan fingerprint density at radius 1 is 1.48 bits per heavy atom. The summed E-state index contributed by atoms with van der Waals surface area (Å²) in [5.74, 6) is -0.657. The second-order valence-corrected chi connectivity index (χ2v) is 6.39. The molecule has 0 saturated heterocycles. The lowest BCUT2D eigenvalue weighted by atomic mass is 9.75. The zero-order chi connectivity index (χ0) is 15.6. The van der Waals surface area contributed by atoms with Crippen molar-refractivity contribution in [2.24, 2.45) is 5.41 Å². The molecule has 2 N–H and O–H groups in total. The minimum absolute atomic E-state index is 0.0169. The number of carbonyl (C=O) groups excluding carboxylic acids is 1. The van der Waals surface area contributed by atoms with Gasteiger partial charge in [0.25, 0.3) is 11.6 Å². The molecule has 0 spiro atoms. The smallest absolute Gasteiger partial charge is 0.282 e. The van der Waals surface area contributed by atoms with Crippen LogP contribution >= 0.6 is 0 Å². The fourth-order valence-corrected chi connectivity index (χ4v) is 2.95. The number of amides is 1. The normalized spacial score (nSPS) is 20.8. The van der Waals surface area contributed by atoms with Crippen molar-refractivity contribution in [3.05, 3.63) is 33.9 Å². The number of carbonyl (C=O) groups is 1. The van der Waals surface area contributed by atoms with Crippen molar-refractivity contribution in [1.82, 2.24) is 5.32 Å². The summed E-state index contributed by atoms with van der Waals surface area (Å²) in [5.41, 5.74) is -0.218. The van der Waals surface area contributed by atoms with Crippen LogP contribution in [0.4, 0.5) is 5.69 Å². The number of benzene rings is 1. The molecule has 1 aliphatic carbocycles. The van der Waals surface area contributed by atoms with E-state index in [2.05, 4.69) is 19.2 Å². The van der Waals surface area contributed by atoms with E-state index in [-0.39, 0.29) is 28.5 Å². The van der Waals surface area contributed by atoms with Crippen LogP contribution in [0, 0.1) is 15.5 Å². The van der Waals surface area contributed by atoms with Gasteiger partial charge >= 0.3 is 0 Å². The summed E-state index contributed by atoms with van der Waals surface area (Å²) in [7, 11) is 0. The summed E-state index contributed by atoms with van der Waals surface area (Å²) < 4.78 is 0. The van der Waals surface area contributed by atoms with Crippen LogP contribution in [0.5, 0.6) is 5.75 Å². The van der Waals surface area contributed by atoms with Crippen LogP contribution in [-0.2, 0) is 0 Å². The minimum Gasteiger partial charge on any atom is -0.508 e. The summed E-state index contributed by atoms with van der Waals surface area (Å²) in [6.45, 7) is 4.31. The molecule has 0 bridgehead atoms. The Morgan fingerprint density at radius 2 is 2.19 bits per heavy atom. The Kier molecular flexibility index (Phi) is 4.16. The lowest BCUT2D eigenvalue weighted by Gasteiger charge is -2.35. The summed E-state index contributed by atoms with van der Waals surface area (Å²) >= 11 is 0. The van der Waals surface area contributed by atoms with Crippen molar-refractivity contribution < 1.29 is 14.8 Å². The van der Waals surface area contributed by atoms with Gasteiger partial charge in [-0.05, 0) is 36.8 Å². The van der Waals surface area contributed by atoms with E-state index in [1.165, 1.54) is 6.07 Å². The predicted octanol–water partition coefficient (Wildman–Crippen LogP) is 3.00. The Balaban J connectivity index is 2.17. The first kappa shape index (κ1) is 15.3. The first-order valence-corrected chi connectivity index (χ1v) is 7.07. The molecule has 1 aromatic carbocycles. The van der Waals surface area contributed by atoms with Crippen molar-refractivity contribution in [2.75, 3.05) is 0 Å². The van der Waals surface area contributed by atoms with E-state index in [9.17, 15) is 20.0 Å². The van der Waals surface area contributed by atoms with Gasteiger partial charge in [-0.15, -0.1) is 0 Å². The molecule has 1 fully saturated rings. The molecule has 2 rings (SSSR count). The lowest BCUT2D eigenvalue weighted by Crippen LogP contribution is -2.40. The topological polar surface area (TPSA) is 92.5 Å². The molecule has 6 heteroatoms. The van der Waals surface area contributed by atoms with Gasteiger partial charge in [-0.2, -0.15) is 0 Å². The minimum atomic E-state index is -0.612. The predicted molar refractivity (Wildman–Crippen MR) is 78.3 cm³/mol. The van der Waals surface area contributed by atoms with E-state index < -0.39 is 10.8 Å². The fourth-order valence-electron chi connectivity index (χ4n) is 2.95. The quantitative estimate of drug-likeness (QED) is 0.661. The summed E-state index contributed by atoms with van der Waals surface area (Å²) in [6, 6.07) is 3.51. The average Bonchev–Trinajstić information content (AvgIpc) is 2.36. The van der Waals surface area contributed by atoms with Crippen LogP contribution in [0.25, 0.3) is 0 Å². The van der Waals surface area contributed by atoms with Gasteiger partial charge in [0, 0.05) is 12.1 Å². The van der Waals surface area contributed by atoms with Gasteiger partial charge in [-0.3, -0.25) is 14.9 Å². The highest BCUT2D eigenvalue weighted by Gasteiger charge is 2.30. The molecule has 0 heterocycles. The zero-order valence-electron chi connectivity index (χ0n) is 12.3. The van der Waals surface area contributed by atoms with E-state index in [0.717, 1.165) is 37.8 Å². The van der Waals surface area contributed by atoms with E-state index in [0.29, 0.717) is 0 Å². The van der Waals surface area contributed by atoms with Crippen molar-refractivity contribution in [3.63, 3.8) is 0 Å². The highest BCUT2D eigenvalue weighted by atomic mass is 16.6. The number of nitrogens with zero attached hydrogens (tertiary/aromatic N) is 1. The number of hydrogen-bond acceptors (Lipinski definition) is 4. The van der Waals surface area contributed by atoms with Crippen LogP contribution in [0.1, 0.15) is 49.9 Å². The SMILES string of the molecule is CC1(C)CCCC(NC(=O)c2cc(O)ccc2[N+](=O)[O-])C1. The molecule has 1 atom stereocenters. The fraction of sp³-hybridized carbons (Fsp3) is 0.533. The van der Waals surface area contributed by atoms with Crippen LogP contribution in [0.15, 0.2) is 18.2 Å². The number of phenolic OH excluding ortho intramolecular Hbond substituents is 1. The van der Waals surface area contributed by atoms with Gasteiger partial charge in [-0.1, -0.05) is 20.3 Å². The van der Waals surface area contributed by atoms with Crippen LogP contribution in [0.3, 0.4) is 0 Å². The third-order valence-corrected chi connectivity index (χ3v) is 3.96. The van der Waals surface area contributed by atoms with E-state index >= 15 is 0 Å². The Bertz CT molecular complexity index is 569. The van der Waals surface area contributed by atoms with E-state index in [1.54, 1.807) is 0 Å². The molecular formula is C15H20N2O4. The molecule has 1 aliphatic rings. The maximum atomic E-state index is 12.3. The van der Waals surface area contributed by atoms with Crippen molar-refractivity contribution in [3.8, 4) is 5.75 Å². The van der Waals surface area contributed by atoms with Gasteiger partial charge < -0.3 is 10.4 Å². The molecule has 0 aromatic heterocycles. The molecule has 1 aromatic rings. The van der Waals surface area contributed by atoms with Crippen molar-refractivity contribution in [2.45, 2.75) is 45.6 Å². The number of aromatic hydroxyl groups is 1. The molecular weight excluding hydrogens is 272 g/mol. The molecule has 0 aliphatic heterocycles. The monoisotopic (exact) mass is 292 g/mol. The molecule has 0 radical (unpaired) electrons. The number of nitro benzene ring substituents is 1. The van der Waals surface area contributed by atoms with Crippen molar-refractivity contribution in [1.29, 1.82) is 0 Å². The highest BCUT2D eigenvalue weighted by molar-refractivity contribution is 5.98. The van der Waals surface area contributed by atoms with Gasteiger partial charge in [0.15, 0.2) is 0 Å². The molecule has 114 valence electrons. The number of rotatable bonds is 3. The van der Waals surface area contributed by atoms with Crippen molar-refractivity contribution >= 4 is 11.6 Å². The summed E-state index contributed by atoms with van der Waals surface area (Å²) in [5, 5.41) is 23.3. The van der Waals surface area contributed by atoms with Crippen LogP contribution < -0.4 is 5.32 Å². The Labute approximate surface area is 123 Å². The third-order valence-electron chi connectivity index (χ3n) is 3.96. The molecule has 21 heavy (non-hydrogen) atoms. The Morgan fingerprint density at radius 3 is 2.81 bits per heavy atom. The molecule has 6 nitrogen and oxygen atoms in total.